The quantitative estimate of drug-likeness (QED) is 0.0118. The molecular formula is C96H115Cl2F8N9O17. The van der Waals surface area contributed by atoms with Gasteiger partial charge in [-0.15, -0.1) is 0 Å². The normalized spacial score (nSPS) is 10.6. The van der Waals surface area contributed by atoms with Crippen LogP contribution in [0.15, 0.2) is 174 Å². The van der Waals surface area contributed by atoms with Crippen LogP contribution in [0.4, 0.5) is 86.3 Å². The molecule has 0 aliphatic carbocycles. The van der Waals surface area contributed by atoms with Gasteiger partial charge in [0, 0.05) is 102 Å². The fourth-order valence-electron chi connectivity index (χ4n) is 11.3. The molecule has 132 heavy (non-hydrogen) atoms. The summed E-state index contributed by atoms with van der Waals surface area (Å²) in [5, 5.41) is 87.4. The van der Waals surface area contributed by atoms with Crippen molar-refractivity contribution in [3.63, 3.8) is 0 Å². The van der Waals surface area contributed by atoms with E-state index in [1.54, 1.807) is 69.6 Å². The third kappa shape index (κ3) is 38.8. The van der Waals surface area contributed by atoms with Crippen LogP contribution >= 0.6 is 23.2 Å². The summed E-state index contributed by atoms with van der Waals surface area (Å²) in [7, 11) is 4.59. The number of ketones is 2. The fraction of sp³-hybridized carbons (Fsp3) is 0.302. The number of nitrogens with one attached hydrogen (secondary N) is 9. The molecule has 0 amide bonds. The Morgan fingerprint density at radius 3 is 0.970 bits per heavy atom. The Morgan fingerprint density at radius 2 is 0.689 bits per heavy atom. The maximum absolute atomic E-state index is 13.3. The van der Waals surface area contributed by atoms with E-state index in [4.69, 9.17) is 63.4 Å². The zero-order valence-corrected chi connectivity index (χ0v) is 76.8. The number of hydrogen-bond donors (Lipinski definition) is 16. The number of aliphatic carboxylic acids is 2. The Hall–Kier alpha value is -13.9. The number of carboxylic acids is 7. The molecule has 0 saturated carbocycles. The molecule has 0 radical (unpaired) electrons. The summed E-state index contributed by atoms with van der Waals surface area (Å²) in [5.41, 5.74) is 6.04. The van der Waals surface area contributed by atoms with Gasteiger partial charge in [-0.3, -0.25) is 19.2 Å². The number of anilines is 9. The first-order valence-corrected chi connectivity index (χ1v) is 41.3. The summed E-state index contributed by atoms with van der Waals surface area (Å²) in [6, 6.07) is 49.5. The summed E-state index contributed by atoms with van der Waals surface area (Å²) in [6.07, 6.45) is 2.85. The molecule has 2 unspecified atom stereocenters. The van der Waals surface area contributed by atoms with Crippen LogP contribution in [0.25, 0.3) is 0 Å². The smallest absolute Gasteiger partial charge is 0.341 e. The van der Waals surface area contributed by atoms with E-state index in [0.717, 1.165) is 80.4 Å². The van der Waals surface area contributed by atoms with E-state index in [0.29, 0.717) is 49.1 Å². The van der Waals surface area contributed by atoms with E-state index in [1.807, 2.05) is 156 Å². The highest BCUT2D eigenvalue weighted by Crippen LogP contribution is 2.32. The fourth-order valence-corrected chi connectivity index (χ4v) is 11.8. The van der Waals surface area contributed by atoms with Crippen LogP contribution < -0.4 is 47.9 Å². The summed E-state index contributed by atoms with van der Waals surface area (Å²) in [4.78, 5) is 96.4. The van der Waals surface area contributed by atoms with E-state index in [-0.39, 0.29) is 40.2 Å². The van der Waals surface area contributed by atoms with Gasteiger partial charge in [0.15, 0.2) is 58.1 Å². The van der Waals surface area contributed by atoms with Gasteiger partial charge in [-0.05, 0) is 259 Å². The highest BCUT2D eigenvalue weighted by Gasteiger charge is 2.31. The predicted octanol–water partition coefficient (Wildman–Crippen LogP) is 24.0. The lowest BCUT2D eigenvalue weighted by Gasteiger charge is -2.14. The van der Waals surface area contributed by atoms with E-state index in [1.165, 1.54) is 26.0 Å². The van der Waals surface area contributed by atoms with E-state index < -0.39 is 129 Å². The van der Waals surface area contributed by atoms with Crippen LogP contribution in [0, 0.1) is 53.5 Å². The van der Waals surface area contributed by atoms with Gasteiger partial charge in [0.25, 0.3) is 0 Å². The zero-order valence-electron chi connectivity index (χ0n) is 75.3. The number of furan rings is 1. The average molecular weight is 1890 g/mol. The molecule has 0 saturated heterocycles. The molecule has 2 atom stereocenters. The maximum atomic E-state index is 13.3. The number of halogens is 10. The number of carbonyl (C=O) groups excluding carboxylic acids is 2. The van der Waals surface area contributed by atoms with Gasteiger partial charge in [-0.2, -0.15) is 0 Å². The molecular weight excluding hydrogens is 1770 g/mol. The number of Topliss-reactive ketones (excluding diaryl/α,β-unsaturated/α-hetero) is 2. The summed E-state index contributed by atoms with van der Waals surface area (Å²) < 4.78 is 110. The zero-order chi connectivity index (χ0) is 99.5. The topological polar surface area (TPSA) is 417 Å². The molecule has 1 heterocycles. The van der Waals surface area contributed by atoms with Crippen LogP contribution in [0.3, 0.4) is 0 Å². The van der Waals surface area contributed by atoms with Crippen LogP contribution in [0.2, 0.25) is 10.0 Å². The lowest BCUT2D eigenvalue weighted by atomic mass is 9.96. The summed E-state index contributed by atoms with van der Waals surface area (Å²) in [5.74, 6) is -23.1. The van der Waals surface area contributed by atoms with E-state index in [2.05, 4.69) is 84.1 Å². The molecule has 16 N–H and O–H groups in total. The minimum absolute atomic E-state index is 0. The molecule has 36 heteroatoms. The van der Waals surface area contributed by atoms with Gasteiger partial charge < -0.3 is 88.0 Å². The number of aromatic carboxylic acids is 5. The van der Waals surface area contributed by atoms with Gasteiger partial charge >= 0.3 is 41.8 Å². The first-order chi connectivity index (χ1) is 61.4. The molecule has 10 aromatic rings. The standard InChI is InChI=1S/C15H17NO3.C13H19NO2.2C11H15NO.C10H12ClNO2.C10H9F4NO2.C9H11NO2.C8H8ClNO2.C8H5F4NO2.CH4/c1-2-14(15(17)18)11-5-7-12(8-6-11)16-10-13-4-3-9-19-13;1-4-12(13(15)16)10-5-7-11(8-6-10)14-9(2)3;2*1-8(2)12-11-6-4-10(5-7-11)9(3)13;1-6(2)12-7-3-4-8(10(13)14)9(11)5-7;1-3(2)15-9-7(13)5(11)4(10(16)17)6(12)8(9)14;1-6-5-7(9(11)12)3-4-8(6)10-2;1-10-5-2-3-6(8(11)12)7(9)4-5;1-13-7-5(11)3(9)2(8(14)15)4(10)6(7)12;/h3-9,14,16H,2,10H2,1H3,(H,17,18);5-9,12,14H,4H2,1-3H3,(H,15,16);2*4-8,12H,1-3H3;3-6,12H,1-2H3,(H,13,14);3,15H,1-2H3,(H,16,17);3-5,10H,1-2H3,(H,11,12);2-4,10H,1H3,(H,11,12);13H,1H3,(H,14,15);1H4. The van der Waals surface area contributed by atoms with Crippen molar-refractivity contribution in [1.82, 2.24) is 0 Å². The number of benzene rings is 9. The maximum Gasteiger partial charge on any atom is 0.341 e. The Labute approximate surface area is 772 Å². The van der Waals surface area contributed by atoms with E-state index in [9.17, 15) is 78.3 Å². The minimum atomic E-state index is -2.08. The van der Waals surface area contributed by atoms with Crippen molar-refractivity contribution >= 4 is 128 Å². The van der Waals surface area contributed by atoms with Crippen LogP contribution in [-0.4, -0.2) is 140 Å². The van der Waals surface area contributed by atoms with Crippen LogP contribution in [0.1, 0.15) is 224 Å². The number of carboxylic acid groups (broad SMARTS) is 7. The Balaban J connectivity index is 0.000000745. The second-order valence-corrected chi connectivity index (χ2v) is 30.6. The van der Waals surface area contributed by atoms with Crippen molar-refractivity contribution in [2.24, 2.45) is 0 Å². The SMILES string of the molecule is C.CC(=O)c1ccc(NC(C)C)cc1.CC(=O)c1ccc(NC(C)C)cc1.CC(C)Nc1c(F)c(F)c(C(=O)O)c(F)c1F.CC(C)Nc1ccc(C(=O)O)c(Cl)c1.CCC(C(=O)O)c1ccc(NC(C)C)cc1.CCC(C(=O)O)c1ccc(NCc2ccco2)cc1.CNc1c(F)c(F)c(C(=O)O)c(F)c1F.CNc1ccc(C(=O)O)c(Cl)c1.CNc1ccc(C(=O)O)cc1C. The third-order valence-electron chi connectivity index (χ3n) is 17.6. The molecule has 0 bridgehead atoms. The van der Waals surface area contributed by atoms with Crippen molar-refractivity contribution in [3.8, 4) is 0 Å². The number of aryl methyl sites for hydroxylation is 1. The molecule has 0 aliphatic rings. The van der Waals surface area contributed by atoms with Crippen molar-refractivity contribution in [2.75, 3.05) is 69.0 Å². The molecule has 0 fully saturated rings. The van der Waals surface area contributed by atoms with Crippen molar-refractivity contribution in [1.29, 1.82) is 0 Å². The molecule has 26 nitrogen and oxygen atoms in total. The van der Waals surface area contributed by atoms with Gasteiger partial charge in [-0.1, -0.05) is 68.7 Å². The lowest BCUT2D eigenvalue weighted by molar-refractivity contribution is -0.139. The molecule has 9 aromatic carbocycles. The summed E-state index contributed by atoms with van der Waals surface area (Å²) >= 11 is 11.5. The molecule has 10 rings (SSSR count). The van der Waals surface area contributed by atoms with Gasteiger partial charge in [-0.25, -0.2) is 59.1 Å². The van der Waals surface area contributed by atoms with Gasteiger partial charge in [0.05, 0.1) is 51.4 Å². The van der Waals surface area contributed by atoms with Crippen molar-refractivity contribution < 1.29 is 118 Å². The Morgan fingerprint density at radius 1 is 0.364 bits per heavy atom. The Kier molecular flexibility index (Phi) is 50.9. The van der Waals surface area contributed by atoms with Crippen molar-refractivity contribution in [2.45, 2.75) is 173 Å². The molecule has 1 aromatic heterocycles. The summed E-state index contributed by atoms with van der Waals surface area (Å²) in [6.45, 7) is 28.9. The second-order valence-electron chi connectivity index (χ2n) is 29.7. The van der Waals surface area contributed by atoms with E-state index >= 15 is 0 Å². The lowest BCUT2D eigenvalue weighted by Crippen LogP contribution is -2.17. The molecule has 0 aliphatic heterocycles. The Bertz CT molecular complexity index is 5310. The predicted molar refractivity (Wildman–Crippen MR) is 504 cm³/mol. The second kappa shape index (κ2) is 57.9. The highest BCUT2D eigenvalue weighted by atomic mass is 35.5. The highest BCUT2D eigenvalue weighted by molar-refractivity contribution is 6.34. The number of carbonyl (C=O) groups is 9. The molecule has 0 spiro atoms. The monoisotopic (exact) mass is 1890 g/mol. The largest absolute Gasteiger partial charge is 0.481 e. The first-order valence-electron chi connectivity index (χ1n) is 40.5. The minimum Gasteiger partial charge on any atom is -0.481 e. The van der Waals surface area contributed by atoms with Crippen LogP contribution in [-0.2, 0) is 16.1 Å². The molecule has 716 valence electrons. The van der Waals surface area contributed by atoms with Gasteiger partial charge in [0.2, 0.25) is 0 Å². The number of hydrogen-bond acceptors (Lipinski definition) is 19. The van der Waals surface area contributed by atoms with Crippen molar-refractivity contribution in [3.05, 3.63) is 288 Å². The average Bonchev–Trinajstić information content (AvgIpc) is 0.844. The first kappa shape index (κ1) is 116. The number of rotatable bonds is 29. The van der Waals surface area contributed by atoms with Crippen LogP contribution in [0.5, 0.6) is 0 Å². The van der Waals surface area contributed by atoms with Gasteiger partial charge in [0.1, 0.15) is 28.3 Å². The third-order valence-corrected chi connectivity index (χ3v) is 18.2.